The monoisotopic (exact) mass is 357 g/mol. The Hall–Kier alpha value is -1.95. The summed E-state index contributed by atoms with van der Waals surface area (Å²) in [5.41, 5.74) is 0.748. The molecule has 0 aliphatic heterocycles. The van der Waals surface area contributed by atoms with Crippen molar-refractivity contribution in [2.24, 2.45) is 0 Å². The summed E-state index contributed by atoms with van der Waals surface area (Å²) < 4.78 is 10.0. The molecule has 0 aliphatic carbocycles. The van der Waals surface area contributed by atoms with E-state index in [0.717, 1.165) is 25.8 Å². The molecule has 1 aromatic carbocycles. The standard InChI is InChI=1S/C17H24ClNO5/c1-4-24-16(20)8-6-5-7-9-19(2)14-11-15(23-3)12(17(21)22)10-13(14)18/h10-11H,4-9H2,1-3H3,(H,21,22). The van der Waals surface area contributed by atoms with Gasteiger partial charge in [0.1, 0.15) is 11.3 Å². The van der Waals surface area contributed by atoms with Crippen LogP contribution in [-0.2, 0) is 9.53 Å². The fourth-order valence-electron chi connectivity index (χ4n) is 2.32. The quantitative estimate of drug-likeness (QED) is 0.509. The fourth-order valence-corrected chi connectivity index (χ4v) is 2.63. The number of esters is 1. The summed E-state index contributed by atoms with van der Waals surface area (Å²) in [7, 11) is 3.31. The van der Waals surface area contributed by atoms with Gasteiger partial charge < -0.3 is 19.5 Å². The number of carboxylic acid groups (broad SMARTS) is 1. The lowest BCUT2D eigenvalue weighted by Crippen LogP contribution is -2.19. The molecule has 0 radical (unpaired) electrons. The molecule has 1 N–H and O–H groups in total. The predicted molar refractivity (Wildman–Crippen MR) is 93.3 cm³/mol. The van der Waals surface area contributed by atoms with Gasteiger partial charge in [0.05, 0.1) is 24.4 Å². The second kappa shape index (κ2) is 10.0. The van der Waals surface area contributed by atoms with E-state index in [1.807, 2.05) is 11.9 Å². The number of benzene rings is 1. The molecular weight excluding hydrogens is 334 g/mol. The van der Waals surface area contributed by atoms with Gasteiger partial charge in [0, 0.05) is 26.1 Å². The van der Waals surface area contributed by atoms with Crippen molar-refractivity contribution < 1.29 is 24.2 Å². The van der Waals surface area contributed by atoms with Crippen LogP contribution in [-0.4, -0.2) is 44.4 Å². The number of nitrogens with zero attached hydrogens (tertiary/aromatic N) is 1. The van der Waals surface area contributed by atoms with Crippen molar-refractivity contribution in [1.29, 1.82) is 0 Å². The van der Waals surface area contributed by atoms with Gasteiger partial charge in [-0.3, -0.25) is 4.79 Å². The first-order valence-electron chi connectivity index (χ1n) is 7.88. The summed E-state index contributed by atoms with van der Waals surface area (Å²) in [4.78, 5) is 24.4. The zero-order chi connectivity index (χ0) is 18.1. The van der Waals surface area contributed by atoms with E-state index in [9.17, 15) is 9.59 Å². The second-order valence-corrected chi connectivity index (χ2v) is 5.75. The van der Waals surface area contributed by atoms with E-state index >= 15 is 0 Å². The molecule has 7 heteroatoms. The molecule has 134 valence electrons. The Balaban J connectivity index is 2.57. The Kier molecular flexibility index (Phi) is 8.40. The third-order valence-electron chi connectivity index (χ3n) is 3.59. The van der Waals surface area contributed by atoms with Gasteiger partial charge in [0.25, 0.3) is 0 Å². The fraction of sp³-hybridized carbons (Fsp3) is 0.529. The molecule has 0 unspecified atom stereocenters. The number of unbranched alkanes of at least 4 members (excludes halogenated alkanes) is 2. The maximum Gasteiger partial charge on any atom is 0.339 e. The molecule has 0 spiro atoms. The summed E-state index contributed by atoms with van der Waals surface area (Å²) in [6, 6.07) is 3.03. The maximum atomic E-state index is 11.3. The Bertz CT molecular complexity index is 576. The number of carboxylic acids is 1. The maximum absolute atomic E-state index is 11.3. The second-order valence-electron chi connectivity index (χ2n) is 5.35. The van der Waals surface area contributed by atoms with E-state index in [2.05, 4.69) is 0 Å². The number of halogens is 1. The van der Waals surface area contributed by atoms with Crippen LogP contribution in [0.5, 0.6) is 5.75 Å². The molecule has 0 fully saturated rings. The lowest BCUT2D eigenvalue weighted by molar-refractivity contribution is -0.143. The van der Waals surface area contributed by atoms with E-state index < -0.39 is 5.97 Å². The number of hydrogen-bond donors (Lipinski definition) is 1. The number of carbonyl (C=O) groups is 2. The molecule has 0 amide bonds. The number of anilines is 1. The Morgan fingerprint density at radius 3 is 2.54 bits per heavy atom. The van der Waals surface area contributed by atoms with Crippen molar-refractivity contribution in [2.75, 3.05) is 32.2 Å². The Labute approximate surface area is 147 Å². The highest BCUT2D eigenvalue weighted by Crippen LogP contribution is 2.33. The molecule has 0 bridgehead atoms. The zero-order valence-electron chi connectivity index (χ0n) is 14.3. The van der Waals surface area contributed by atoms with E-state index in [1.54, 1.807) is 13.0 Å². The van der Waals surface area contributed by atoms with E-state index in [1.165, 1.54) is 13.2 Å². The number of ether oxygens (including phenoxy) is 2. The number of methoxy groups -OCH3 is 1. The highest BCUT2D eigenvalue weighted by Gasteiger charge is 2.16. The first-order valence-corrected chi connectivity index (χ1v) is 8.26. The molecule has 0 saturated heterocycles. The minimum atomic E-state index is -1.08. The Morgan fingerprint density at radius 2 is 1.96 bits per heavy atom. The van der Waals surface area contributed by atoms with Gasteiger partial charge in [-0.1, -0.05) is 18.0 Å². The summed E-state index contributed by atoms with van der Waals surface area (Å²) in [5, 5.41) is 9.51. The van der Waals surface area contributed by atoms with Gasteiger partial charge in [0.2, 0.25) is 0 Å². The highest BCUT2D eigenvalue weighted by molar-refractivity contribution is 6.33. The predicted octanol–water partition coefficient (Wildman–Crippen LogP) is 3.61. The number of rotatable bonds is 10. The SMILES string of the molecule is CCOC(=O)CCCCCN(C)c1cc(OC)c(C(=O)O)cc1Cl. The van der Waals surface area contributed by atoms with Gasteiger partial charge in [-0.2, -0.15) is 0 Å². The molecule has 0 atom stereocenters. The smallest absolute Gasteiger partial charge is 0.339 e. The van der Waals surface area contributed by atoms with Crippen LogP contribution in [0.2, 0.25) is 5.02 Å². The lowest BCUT2D eigenvalue weighted by Gasteiger charge is -2.22. The summed E-state index contributed by atoms with van der Waals surface area (Å²) in [6.07, 6.45) is 2.99. The van der Waals surface area contributed by atoms with Crippen molar-refractivity contribution >= 4 is 29.2 Å². The first-order chi connectivity index (χ1) is 11.4. The zero-order valence-corrected chi connectivity index (χ0v) is 15.1. The van der Waals surface area contributed by atoms with Crippen LogP contribution in [0.3, 0.4) is 0 Å². The average Bonchev–Trinajstić information content (AvgIpc) is 2.54. The van der Waals surface area contributed by atoms with Crippen LogP contribution in [0, 0.1) is 0 Å². The van der Waals surface area contributed by atoms with Crippen molar-refractivity contribution in [3.05, 3.63) is 22.7 Å². The van der Waals surface area contributed by atoms with Crippen LogP contribution in [0.25, 0.3) is 0 Å². The molecule has 1 rings (SSSR count). The number of aromatic carboxylic acids is 1. The van der Waals surface area contributed by atoms with E-state index in [0.29, 0.717) is 23.7 Å². The van der Waals surface area contributed by atoms with Gasteiger partial charge in [0.15, 0.2) is 0 Å². The van der Waals surface area contributed by atoms with Crippen LogP contribution in [0.4, 0.5) is 5.69 Å². The van der Waals surface area contributed by atoms with E-state index in [-0.39, 0.29) is 17.3 Å². The molecule has 0 heterocycles. The van der Waals surface area contributed by atoms with Gasteiger partial charge in [-0.05, 0) is 25.8 Å². The van der Waals surface area contributed by atoms with Crippen molar-refractivity contribution in [2.45, 2.75) is 32.6 Å². The average molecular weight is 358 g/mol. The minimum Gasteiger partial charge on any atom is -0.496 e. The third kappa shape index (κ3) is 5.92. The topological polar surface area (TPSA) is 76.1 Å². The third-order valence-corrected chi connectivity index (χ3v) is 3.89. The first kappa shape index (κ1) is 20.1. The van der Waals surface area contributed by atoms with Crippen molar-refractivity contribution in [3.8, 4) is 5.75 Å². The van der Waals surface area contributed by atoms with Gasteiger partial charge in [-0.15, -0.1) is 0 Å². The largest absolute Gasteiger partial charge is 0.496 e. The van der Waals surface area contributed by atoms with Crippen molar-refractivity contribution in [1.82, 2.24) is 0 Å². The van der Waals surface area contributed by atoms with Crippen LogP contribution in [0.15, 0.2) is 12.1 Å². The molecule has 0 aliphatic rings. The summed E-state index contributed by atoms with van der Waals surface area (Å²) >= 11 is 6.19. The molecule has 0 saturated carbocycles. The van der Waals surface area contributed by atoms with Crippen molar-refractivity contribution in [3.63, 3.8) is 0 Å². The van der Waals surface area contributed by atoms with Gasteiger partial charge in [-0.25, -0.2) is 4.79 Å². The summed E-state index contributed by atoms with van der Waals surface area (Å²) in [5.74, 6) is -0.971. The number of carbonyl (C=O) groups excluding carboxylic acids is 1. The molecule has 0 aromatic heterocycles. The van der Waals surface area contributed by atoms with Crippen LogP contribution >= 0.6 is 11.6 Å². The van der Waals surface area contributed by atoms with Crippen LogP contribution in [0.1, 0.15) is 43.0 Å². The molecular formula is C17H24ClNO5. The lowest BCUT2D eigenvalue weighted by atomic mass is 10.1. The molecule has 6 nitrogen and oxygen atoms in total. The number of hydrogen-bond acceptors (Lipinski definition) is 5. The molecule has 24 heavy (non-hydrogen) atoms. The van der Waals surface area contributed by atoms with E-state index in [4.69, 9.17) is 26.2 Å². The van der Waals surface area contributed by atoms with Gasteiger partial charge >= 0.3 is 11.9 Å². The summed E-state index contributed by atoms with van der Waals surface area (Å²) in [6.45, 7) is 2.94. The highest BCUT2D eigenvalue weighted by atomic mass is 35.5. The Morgan fingerprint density at radius 1 is 1.25 bits per heavy atom. The minimum absolute atomic E-state index is 0.0362. The normalized spacial score (nSPS) is 10.3. The molecule has 1 aromatic rings. The van der Waals surface area contributed by atoms with Crippen LogP contribution < -0.4 is 9.64 Å².